The van der Waals surface area contributed by atoms with Gasteiger partial charge in [-0.3, -0.25) is 9.69 Å². The molecule has 3 unspecified atom stereocenters. The number of carboxylic acids is 1. The van der Waals surface area contributed by atoms with Crippen LogP contribution in [0.2, 0.25) is 0 Å². The fourth-order valence-electron chi connectivity index (χ4n) is 3.98. The number of aromatic nitrogens is 2. The Labute approximate surface area is 130 Å². The Morgan fingerprint density at radius 1 is 1.41 bits per heavy atom. The molecule has 3 atom stereocenters. The van der Waals surface area contributed by atoms with Crippen LogP contribution in [0.4, 0.5) is 0 Å². The van der Waals surface area contributed by atoms with Crippen molar-refractivity contribution in [1.29, 1.82) is 0 Å². The molecule has 1 aromatic heterocycles. The average Bonchev–Trinajstić information content (AvgIpc) is 3.04. The van der Waals surface area contributed by atoms with Gasteiger partial charge in [0, 0.05) is 12.5 Å². The summed E-state index contributed by atoms with van der Waals surface area (Å²) in [4.78, 5) is 18.1. The van der Waals surface area contributed by atoms with E-state index in [1.807, 2.05) is 0 Å². The van der Waals surface area contributed by atoms with E-state index in [0.29, 0.717) is 30.3 Å². The highest BCUT2D eigenvalue weighted by Crippen LogP contribution is 2.40. The summed E-state index contributed by atoms with van der Waals surface area (Å²) < 4.78 is 5.34. The Hall–Kier alpha value is -1.43. The standard InChI is InChI=1S/C16H25N3O3/c1-10(2)7-14-17-15(22-18-14)9-19-12-6-4-3-5-11(12)8-13(19)16(20)21/h10-13H,3-9H2,1-2H3,(H,20,21). The minimum Gasteiger partial charge on any atom is -0.480 e. The second kappa shape index (κ2) is 6.36. The van der Waals surface area contributed by atoms with Gasteiger partial charge < -0.3 is 9.63 Å². The van der Waals surface area contributed by atoms with Gasteiger partial charge in [-0.15, -0.1) is 0 Å². The molecule has 3 rings (SSSR count). The topological polar surface area (TPSA) is 79.5 Å². The molecular weight excluding hydrogens is 282 g/mol. The third-order valence-electron chi connectivity index (χ3n) is 4.93. The van der Waals surface area contributed by atoms with Crippen molar-refractivity contribution in [2.45, 2.75) is 71.0 Å². The van der Waals surface area contributed by atoms with Gasteiger partial charge in [-0.1, -0.05) is 31.8 Å². The number of nitrogens with zero attached hydrogens (tertiary/aromatic N) is 3. The van der Waals surface area contributed by atoms with E-state index >= 15 is 0 Å². The summed E-state index contributed by atoms with van der Waals surface area (Å²) in [5.41, 5.74) is 0. The molecule has 6 heteroatoms. The molecule has 2 aliphatic rings. The Balaban J connectivity index is 1.73. The van der Waals surface area contributed by atoms with Crippen LogP contribution in [0.3, 0.4) is 0 Å². The smallest absolute Gasteiger partial charge is 0.320 e. The predicted octanol–water partition coefficient (Wildman–Crippen LogP) is 2.49. The number of aliphatic carboxylic acids is 1. The van der Waals surface area contributed by atoms with Gasteiger partial charge in [0.05, 0.1) is 6.54 Å². The third-order valence-corrected chi connectivity index (χ3v) is 4.93. The lowest BCUT2D eigenvalue weighted by molar-refractivity contribution is -0.143. The summed E-state index contributed by atoms with van der Waals surface area (Å²) in [6.45, 7) is 4.69. The molecule has 1 N–H and O–H groups in total. The Morgan fingerprint density at radius 2 is 2.18 bits per heavy atom. The maximum atomic E-state index is 11.6. The second-order valence-electron chi connectivity index (χ2n) is 7.08. The van der Waals surface area contributed by atoms with E-state index in [0.717, 1.165) is 31.5 Å². The van der Waals surface area contributed by atoms with Gasteiger partial charge in [0.15, 0.2) is 5.82 Å². The van der Waals surface area contributed by atoms with Crippen LogP contribution >= 0.6 is 0 Å². The van der Waals surface area contributed by atoms with Crippen molar-refractivity contribution in [3.8, 4) is 0 Å². The van der Waals surface area contributed by atoms with E-state index in [9.17, 15) is 9.90 Å². The summed E-state index contributed by atoms with van der Waals surface area (Å²) in [5, 5.41) is 13.5. The summed E-state index contributed by atoms with van der Waals surface area (Å²) in [7, 11) is 0. The van der Waals surface area contributed by atoms with Crippen molar-refractivity contribution >= 4 is 5.97 Å². The zero-order valence-electron chi connectivity index (χ0n) is 13.4. The molecule has 122 valence electrons. The molecule has 0 radical (unpaired) electrons. The fraction of sp³-hybridized carbons (Fsp3) is 0.812. The quantitative estimate of drug-likeness (QED) is 0.900. The zero-order valence-corrected chi connectivity index (χ0v) is 13.4. The lowest BCUT2D eigenvalue weighted by atomic mass is 9.85. The number of hydrogen-bond acceptors (Lipinski definition) is 5. The predicted molar refractivity (Wildman–Crippen MR) is 80.2 cm³/mol. The molecule has 0 bridgehead atoms. The van der Waals surface area contributed by atoms with Gasteiger partial charge in [0.2, 0.25) is 5.89 Å². The van der Waals surface area contributed by atoms with Crippen LogP contribution in [-0.4, -0.2) is 38.2 Å². The molecule has 1 saturated carbocycles. The average molecular weight is 307 g/mol. The van der Waals surface area contributed by atoms with E-state index in [1.165, 1.54) is 12.8 Å². The summed E-state index contributed by atoms with van der Waals surface area (Å²) in [5.74, 6) is 1.53. The first kappa shape index (κ1) is 15.5. The molecule has 6 nitrogen and oxygen atoms in total. The summed E-state index contributed by atoms with van der Waals surface area (Å²) in [6, 6.07) is -0.0520. The van der Waals surface area contributed by atoms with Crippen molar-refractivity contribution in [1.82, 2.24) is 15.0 Å². The molecule has 1 aromatic rings. The number of likely N-dealkylation sites (tertiary alicyclic amines) is 1. The van der Waals surface area contributed by atoms with Gasteiger partial charge >= 0.3 is 5.97 Å². The molecule has 2 fully saturated rings. The first-order valence-electron chi connectivity index (χ1n) is 8.34. The minimum atomic E-state index is -0.726. The largest absolute Gasteiger partial charge is 0.480 e. The normalized spacial score (nSPS) is 29.0. The number of carbonyl (C=O) groups is 1. The molecule has 22 heavy (non-hydrogen) atoms. The van der Waals surface area contributed by atoms with Gasteiger partial charge in [-0.05, 0) is 31.1 Å². The van der Waals surface area contributed by atoms with Crippen LogP contribution in [-0.2, 0) is 17.8 Å². The molecule has 2 heterocycles. The van der Waals surface area contributed by atoms with Crippen LogP contribution in [0.25, 0.3) is 0 Å². The Kier molecular flexibility index (Phi) is 4.47. The van der Waals surface area contributed by atoms with Gasteiger partial charge in [-0.25, -0.2) is 0 Å². The zero-order chi connectivity index (χ0) is 15.7. The van der Waals surface area contributed by atoms with Gasteiger partial charge in [-0.2, -0.15) is 4.98 Å². The number of rotatable bonds is 5. The number of fused-ring (bicyclic) bond motifs is 1. The lowest BCUT2D eigenvalue weighted by Gasteiger charge is -2.31. The van der Waals surface area contributed by atoms with Gasteiger partial charge in [0.1, 0.15) is 6.04 Å². The Morgan fingerprint density at radius 3 is 2.91 bits per heavy atom. The van der Waals surface area contributed by atoms with E-state index in [1.54, 1.807) is 0 Å². The van der Waals surface area contributed by atoms with Gasteiger partial charge in [0.25, 0.3) is 0 Å². The van der Waals surface area contributed by atoms with Crippen LogP contribution in [0.1, 0.15) is 57.7 Å². The molecule has 0 spiro atoms. The molecule has 1 saturated heterocycles. The van der Waals surface area contributed by atoms with Crippen LogP contribution in [0.15, 0.2) is 4.52 Å². The maximum Gasteiger partial charge on any atom is 0.320 e. The second-order valence-corrected chi connectivity index (χ2v) is 7.08. The highest BCUT2D eigenvalue weighted by molar-refractivity contribution is 5.74. The van der Waals surface area contributed by atoms with Crippen LogP contribution in [0.5, 0.6) is 0 Å². The van der Waals surface area contributed by atoms with E-state index in [4.69, 9.17) is 4.52 Å². The van der Waals surface area contributed by atoms with Crippen LogP contribution < -0.4 is 0 Å². The Bertz CT molecular complexity index is 528. The van der Waals surface area contributed by atoms with Crippen LogP contribution in [0, 0.1) is 11.8 Å². The van der Waals surface area contributed by atoms with Crippen molar-refractivity contribution in [2.24, 2.45) is 11.8 Å². The number of carboxylic acid groups (broad SMARTS) is 1. The van der Waals surface area contributed by atoms with Crippen molar-refractivity contribution in [3.63, 3.8) is 0 Å². The van der Waals surface area contributed by atoms with E-state index in [2.05, 4.69) is 28.9 Å². The van der Waals surface area contributed by atoms with Crippen molar-refractivity contribution in [3.05, 3.63) is 11.7 Å². The molecule has 1 aliphatic heterocycles. The minimum absolute atomic E-state index is 0.357. The van der Waals surface area contributed by atoms with Crippen molar-refractivity contribution in [2.75, 3.05) is 0 Å². The molecule has 1 aliphatic carbocycles. The monoisotopic (exact) mass is 307 g/mol. The maximum absolute atomic E-state index is 11.6. The first-order valence-corrected chi connectivity index (χ1v) is 8.34. The van der Waals surface area contributed by atoms with E-state index in [-0.39, 0.29) is 0 Å². The highest BCUT2D eigenvalue weighted by atomic mass is 16.5. The molecular formula is C16H25N3O3. The third kappa shape index (κ3) is 3.16. The molecule has 0 amide bonds. The molecule has 0 aromatic carbocycles. The number of hydrogen-bond donors (Lipinski definition) is 1. The van der Waals surface area contributed by atoms with Crippen molar-refractivity contribution < 1.29 is 14.4 Å². The first-order chi connectivity index (χ1) is 10.5. The highest BCUT2D eigenvalue weighted by Gasteiger charge is 2.45. The lowest BCUT2D eigenvalue weighted by Crippen LogP contribution is -2.41. The summed E-state index contributed by atoms with van der Waals surface area (Å²) in [6.07, 6.45) is 6.19. The fourth-order valence-corrected chi connectivity index (χ4v) is 3.98. The summed E-state index contributed by atoms with van der Waals surface area (Å²) >= 11 is 0. The van der Waals surface area contributed by atoms with E-state index < -0.39 is 12.0 Å². The SMILES string of the molecule is CC(C)Cc1noc(CN2C(C(=O)O)CC3CCCCC32)n1.